The molecule has 0 spiro atoms. The van der Waals surface area contributed by atoms with E-state index in [1.54, 1.807) is 6.92 Å². The second-order valence-corrected chi connectivity index (χ2v) is 10.6. The van der Waals surface area contributed by atoms with Gasteiger partial charge in [0.1, 0.15) is 17.3 Å². The molecule has 8 heteroatoms. The summed E-state index contributed by atoms with van der Waals surface area (Å²) in [5.41, 5.74) is 7.94. The molecule has 3 aromatic carbocycles. The van der Waals surface area contributed by atoms with Gasteiger partial charge in [0.25, 0.3) is 5.56 Å². The topological polar surface area (TPSA) is 73.3 Å². The molecule has 2 N–H and O–H groups in total. The molecule has 2 unspecified atom stereocenters. The maximum absolute atomic E-state index is 14.7. The van der Waals surface area contributed by atoms with Gasteiger partial charge in [-0.15, -0.1) is 0 Å². The van der Waals surface area contributed by atoms with Crippen molar-refractivity contribution in [3.05, 3.63) is 134 Å². The number of benzene rings is 3. The van der Waals surface area contributed by atoms with E-state index in [-0.39, 0.29) is 18.7 Å². The minimum atomic E-state index is -0.743. The summed E-state index contributed by atoms with van der Waals surface area (Å²) >= 11 is 0. The van der Waals surface area contributed by atoms with Crippen LogP contribution in [0.15, 0.2) is 88.5 Å². The number of piperidine rings is 1. The van der Waals surface area contributed by atoms with Crippen LogP contribution >= 0.6 is 0 Å². The third kappa shape index (κ3) is 5.77. The lowest BCUT2D eigenvalue weighted by molar-refractivity contribution is 0.408. The predicted molar refractivity (Wildman–Crippen MR) is 154 cm³/mol. The minimum Gasteiger partial charge on any atom is -0.365 e. The Labute approximate surface area is 232 Å². The van der Waals surface area contributed by atoms with Crippen molar-refractivity contribution >= 4 is 5.69 Å². The second-order valence-electron chi connectivity index (χ2n) is 10.6. The summed E-state index contributed by atoms with van der Waals surface area (Å²) in [6.07, 6.45) is 2.79. The van der Waals surface area contributed by atoms with E-state index in [1.807, 2.05) is 53.4 Å². The number of anilines is 1. The SMILES string of the molecule is Cc1c(N2CCCC(Cc3ccccc3)C2)c(=O)n(CC(N)c2ccccc2)c(=O)n1Cc1c(F)cccc1F. The van der Waals surface area contributed by atoms with Gasteiger partial charge in [-0.3, -0.25) is 13.9 Å². The number of nitrogens with zero attached hydrogens (tertiary/aromatic N) is 3. The Kier molecular flexibility index (Phi) is 8.26. The normalized spacial score (nSPS) is 16.2. The first-order valence-corrected chi connectivity index (χ1v) is 13.7. The van der Waals surface area contributed by atoms with Crippen molar-refractivity contribution in [2.24, 2.45) is 11.7 Å². The van der Waals surface area contributed by atoms with Crippen molar-refractivity contribution < 1.29 is 8.78 Å². The number of hydrogen-bond acceptors (Lipinski definition) is 4. The molecule has 2 heterocycles. The van der Waals surface area contributed by atoms with Crippen LogP contribution in [-0.4, -0.2) is 22.2 Å². The lowest BCUT2D eigenvalue weighted by atomic mass is 9.91. The van der Waals surface area contributed by atoms with Crippen LogP contribution in [0.5, 0.6) is 0 Å². The zero-order chi connectivity index (χ0) is 28.2. The van der Waals surface area contributed by atoms with E-state index in [0.717, 1.165) is 29.4 Å². The molecule has 1 saturated heterocycles. The molecule has 2 atom stereocenters. The van der Waals surface area contributed by atoms with Crippen LogP contribution < -0.4 is 21.9 Å². The third-order valence-electron chi connectivity index (χ3n) is 7.84. The molecule has 6 nitrogen and oxygen atoms in total. The molecular weight excluding hydrogens is 510 g/mol. The number of rotatable bonds is 8. The van der Waals surface area contributed by atoms with E-state index in [1.165, 1.54) is 28.3 Å². The molecule has 1 aromatic heterocycles. The summed E-state index contributed by atoms with van der Waals surface area (Å²) < 4.78 is 31.8. The van der Waals surface area contributed by atoms with Gasteiger partial charge >= 0.3 is 5.69 Å². The van der Waals surface area contributed by atoms with Crippen LogP contribution in [0.4, 0.5) is 14.5 Å². The second kappa shape index (κ2) is 12.0. The monoisotopic (exact) mass is 544 g/mol. The van der Waals surface area contributed by atoms with Gasteiger partial charge in [-0.25, -0.2) is 13.6 Å². The van der Waals surface area contributed by atoms with Gasteiger partial charge in [-0.1, -0.05) is 66.7 Å². The first kappa shape index (κ1) is 27.5. The third-order valence-corrected chi connectivity index (χ3v) is 7.84. The predicted octanol–water partition coefficient (Wildman–Crippen LogP) is 4.80. The molecule has 4 aromatic rings. The standard InChI is InChI=1S/C32H34F2N4O2/c1-22-30(36-17-9-12-24(19-36)18-23-10-4-2-5-11-23)31(39)38(21-29(35)25-13-6-3-7-14-25)32(40)37(22)20-26-27(33)15-8-16-28(26)34/h2-8,10-11,13-16,24,29H,9,12,17-21,35H2,1H3. The molecule has 208 valence electrons. The first-order chi connectivity index (χ1) is 19.3. The Morgan fingerprint density at radius 3 is 2.23 bits per heavy atom. The summed E-state index contributed by atoms with van der Waals surface area (Å²) in [4.78, 5) is 29.8. The molecule has 0 saturated carbocycles. The van der Waals surface area contributed by atoms with E-state index >= 15 is 0 Å². The van der Waals surface area contributed by atoms with Gasteiger partial charge in [0.2, 0.25) is 0 Å². The first-order valence-electron chi connectivity index (χ1n) is 13.7. The van der Waals surface area contributed by atoms with Crippen LogP contribution in [0.1, 0.15) is 41.3 Å². The number of halogens is 2. The molecular formula is C32H34F2N4O2. The fourth-order valence-corrected chi connectivity index (χ4v) is 5.72. The lowest BCUT2D eigenvalue weighted by Gasteiger charge is -2.35. The van der Waals surface area contributed by atoms with E-state index in [9.17, 15) is 18.4 Å². The van der Waals surface area contributed by atoms with Crippen molar-refractivity contribution in [3.63, 3.8) is 0 Å². The van der Waals surface area contributed by atoms with Gasteiger partial charge in [-0.2, -0.15) is 0 Å². The average molecular weight is 545 g/mol. The molecule has 0 bridgehead atoms. The van der Waals surface area contributed by atoms with Crippen LogP contribution in [0, 0.1) is 24.5 Å². The molecule has 40 heavy (non-hydrogen) atoms. The Balaban J connectivity index is 1.57. The molecule has 0 aliphatic carbocycles. The van der Waals surface area contributed by atoms with E-state index in [2.05, 4.69) is 12.1 Å². The largest absolute Gasteiger partial charge is 0.365 e. The summed E-state index contributed by atoms with van der Waals surface area (Å²) in [6, 6.07) is 22.5. The number of hydrogen-bond donors (Lipinski definition) is 1. The highest BCUT2D eigenvalue weighted by Gasteiger charge is 2.28. The van der Waals surface area contributed by atoms with Crippen molar-refractivity contribution in [2.75, 3.05) is 18.0 Å². The minimum absolute atomic E-state index is 0.0595. The van der Waals surface area contributed by atoms with Crippen molar-refractivity contribution in [3.8, 4) is 0 Å². The smallest absolute Gasteiger partial charge is 0.331 e. The van der Waals surface area contributed by atoms with E-state index in [0.29, 0.717) is 30.4 Å². The molecule has 1 aliphatic rings. The van der Waals surface area contributed by atoms with E-state index in [4.69, 9.17) is 5.73 Å². The van der Waals surface area contributed by atoms with Crippen LogP contribution in [0.2, 0.25) is 0 Å². The summed E-state index contributed by atoms with van der Waals surface area (Å²) in [6.45, 7) is 2.58. The van der Waals surface area contributed by atoms with Gasteiger partial charge in [-0.05, 0) is 55.4 Å². The maximum Gasteiger partial charge on any atom is 0.331 e. The van der Waals surface area contributed by atoms with Gasteiger partial charge in [0, 0.05) is 30.4 Å². The molecule has 1 aliphatic heterocycles. The quantitative estimate of drug-likeness (QED) is 0.346. The van der Waals surface area contributed by atoms with Crippen LogP contribution in [0.25, 0.3) is 0 Å². The molecule has 5 rings (SSSR count). The Morgan fingerprint density at radius 1 is 0.900 bits per heavy atom. The summed E-state index contributed by atoms with van der Waals surface area (Å²) in [5.74, 6) is -1.17. The van der Waals surface area contributed by atoms with Crippen molar-refractivity contribution in [1.82, 2.24) is 9.13 Å². The average Bonchev–Trinajstić information content (AvgIpc) is 2.96. The summed E-state index contributed by atoms with van der Waals surface area (Å²) in [7, 11) is 0. The highest BCUT2D eigenvalue weighted by Crippen LogP contribution is 2.26. The molecule has 0 amide bonds. The fraction of sp³-hybridized carbons (Fsp3) is 0.312. The molecule has 1 fully saturated rings. The Morgan fingerprint density at radius 2 is 1.55 bits per heavy atom. The zero-order valence-corrected chi connectivity index (χ0v) is 22.6. The number of aromatic nitrogens is 2. The Hall–Kier alpha value is -4.04. The van der Waals surface area contributed by atoms with E-state index < -0.39 is 28.9 Å². The van der Waals surface area contributed by atoms with Crippen LogP contribution in [-0.2, 0) is 19.5 Å². The maximum atomic E-state index is 14.7. The zero-order valence-electron chi connectivity index (χ0n) is 22.6. The van der Waals surface area contributed by atoms with Crippen molar-refractivity contribution in [2.45, 2.75) is 45.3 Å². The highest BCUT2D eigenvalue weighted by molar-refractivity contribution is 5.50. The number of nitrogens with two attached hydrogens (primary N) is 1. The Bertz CT molecular complexity index is 1560. The van der Waals surface area contributed by atoms with Crippen LogP contribution in [0.3, 0.4) is 0 Å². The van der Waals surface area contributed by atoms with Gasteiger partial charge < -0.3 is 10.6 Å². The van der Waals surface area contributed by atoms with Gasteiger partial charge in [0.15, 0.2) is 0 Å². The summed E-state index contributed by atoms with van der Waals surface area (Å²) in [5, 5.41) is 0. The lowest BCUT2D eigenvalue weighted by Crippen LogP contribution is -2.48. The van der Waals surface area contributed by atoms with Gasteiger partial charge in [0.05, 0.1) is 13.1 Å². The highest BCUT2D eigenvalue weighted by atomic mass is 19.1. The molecule has 0 radical (unpaired) electrons. The van der Waals surface area contributed by atoms with Crippen molar-refractivity contribution in [1.29, 1.82) is 0 Å². The fourth-order valence-electron chi connectivity index (χ4n) is 5.72.